The smallest absolute Gasteiger partial charge is 0.273 e. The van der Waals surface area contributed by atoms with E-state index in [1.54, 1.807) is 24.3 Å². The van der Waals surface area contributed by atoms with Crippen LogP contribution in [0.25, 0.3) is 0 Å². The molecule has 1 aliphatic carbocycles. The number of nitrogens with one attached hydrogen (secondary N) is 1. The Morgan fingerprint density at radius 3 is 2.29 bits per heavy atom. The number of nitrogens with two attached hydrogens (primary N) is 2. The van der Waals surface area contributed by atoms with Gasteiger partial charge in [0, 0.05) is 11.7 Å². The van der Waals surface area contributed by atoms with Gasteiger partial charge in [0.25, 0.3) is 11.8 Å². The van der Waals surface area contributed by atoms with Gasteiger partial charge in [0.2, 0.25) is 5.91 Å². The normalized spacial score (nSPS) is 14.2. The average Bonchev–Trinajstić information content (AvgIpc) is 3.57. The van der Waals surface area contributed by atoms with E-state index in [9.17, 15) is 14.4 Å². The highest BCUT2D eigenvalue weighted by molar-refractivity contribution is 7.09. The lowest BCUT2D eigenvalue weighted by molar-refractivity contribution is -0.123. The van der Waals surface area contributed by atoms with E-state index in [2.05, 4.69) is 9.69 Å². The minimum absolute atomic E-state index is 0.0436. The van der Waals surface area contributed by atoms with Gasteiger partial charge >= 0.3 is 0 Å². The van der Waals surface area contributed by atoms with E-state index in [4.69, 9.17) is 16.2 Å². The molecule has 3 amide bonds. The summed E-state index contributed by atoms with van der Waals surface area (Å²) in [5.41, 5.74) is 13.5. The van der Waals surface area contributed by atoms with Crippen molar-refractivity contribution < 1.29 is 19.1 Å². The number of hydrogen-bond donors (Lipinski definition) is 3. The molecule has 3 aromatic rings. The topological polar surface area (TPSA) is 141 Å². The minimum Gasteiger partial charge on any atom is -0.494 e. The van der Waals surface area contributed by atoms with E-state index in [-0.39, 0.29) is 28.2 Å². The van der Waals surface area contributed by atoms with Crippen LogP contribution in [0.2, 0.25) is 0 Å². The highest BCUT2D eigenvalue weighted by Gasteiger charge is 2.37. The van der Waals surface area contributed by atoms with Gasteiger partial charge in [-0.15, -0.1) is 0 Å². The second-order valence-electron chi connectivity index (χ2n) is 9.23. The maximum Gasteiger partial charge on any atom is 0.273 e. The number of primary amides is 1. The molecule has 5 N–H and O–H groups in total. The number of nitrogens with zero attached hydrogens (tertiary/aromatic N) is 2. The Morgan fingerprint density at radius 2 is 1.74 bits per heavy atom. The summed E-state index contributed by atoms with van der Waals surface area (Å²) in [4.78, 5) is 41.3. The Morgan fingerprint density at radius 1 is 1.08 bits per heavy atom. The third-order valence-electron chi connectivity index (χ3n) is 6.71. The molecule has 38 heavy (non-hydrogen) atoms. The number of rotatable bonds is 10. The van der Waals surface area contributed by atoms with Crippen molar-refractivity contribution >= 4 is 40.6 Å². The molecule has 1 aliphatic rings. The van der Waals surface area contributed by atoms with Gasteiger partial charge in [0.05, 0.1) is 12.3 Å². The van der Waals surface area contributed by atoms with Gasteiger partial charge in [-0.05, 0) is 73.1 Å². The summed E-state index contributed by atoms with van der Waals surface area (Å²) in [5, 5.41) is 3.15. The lowest BCUT2D eigenvalue weighted by atomic mass is 10.0. The first-order valence-corrected chi connectivity index (χ1v) is 13.6. The van der Waals surface area contributed by atoms with Crippen molar-refractivity contribution in [1.82, 2.24) is 9.69 Å². The molecule has 0 aliphatic heterocycles. The second-order valence-corrected chi connectivity index (χ2v) is 10.0. The largest absolute Gasteiger partial charge is 0.494 e. The maximum absolute atomic E-state index is 14.1. The summed E-state index contributed by atoms with van der Waals surface area (Å²) >= 11 is 0.791. The zero-order valence-corrected chi connectivity index (χ0v) is 22.4. The Bertz CT molecular complexity index is 1280. The van der Waals surface area contributed by atoms with Crippen LogP contribution in [0, 0.1) is 0 Å². The van der Waals surface area contributed by atoms with Gasteiger partial charge in [-0.1, -0.05) is 44.0 Å². The number of ether oxygens (including phenoxy) is 1. The van der Waals surface area contributed by atoms with Gasteiger partial charge in [-0.2, -0.15) is 4.37 Å². The maximum atomic E-state index is 14.1. The number of nitrogen functional groups attached to an aromatic ring is 1. The van der Waals surface area contributed by atoms with Crippen molar-refractivity contribution in [2.75, 3.05) is 17.2 Å². The van der Waals surface area contributed by atoms with Crippen LogP contribution < -0.4 is 26.4 Å². The molecule has 1 atom stereocenters. The second kappa shape index (κ2) is 12.1. The van der Waals surface area contributed by atoms with Crippen molar-refractivity contribution in [3.8, 4) is 5.75 Å². The van der Waals surface area contributed by atoms with Crippen molar-refractivity contribution in [2.24, 2.45) is 5.73 Å². The summed E-state index contributed by atoms with van der Waals surface area (Å²) in [6, 6.07) is 13.6. The van der Waals surface area contributed by atoms with E-state index in [0.717, 1.165) is 49.2 Å². The molecule has 9 nitrogen and oxygen atoms in total. The van der Waals surface area contributed by atoms with Gasteiger partial charge in [0.15, 0.2) is 5.69 Å². The fourth-order valence-corrected chi connectivity index (χ4v) is 5.44. The average molecular weight is 536 g/mol. The molecule has 10 heteroatoms. The fourth-order valence-electron chi connectivity index (χ4n) is 4.70. The van der Waals surface area contributed by atoms with E-state index >= 15 is 0 Å². The highest BCUT2D eigenvalue weighted by atomic mass is 32.1. The van der Waals surface area contributed by atoms with Crippen molar-refractivity contribution in [1.29, 1.82) is 0 Å². The standard InChI is InChI=1S/C28H33N5O4S/c1-3-17-9-13-20(14-10-17)33(28(36)25-22(29)23(26(30)34)32-38-25)24(27(35)31-19-7-5-6-8-19)18-11-15-21(16-12-18)37-4-2/h9-16,19,24H,3-8,29H2,1-2H3,(H2,30,34)(H,31,35)/t24-/m1/s1. The number of benzene rings is 2. The van der Waals surface area contributed by atoms with Crippen LogP contribution in [0.15, 0.2) is 48.5 Å². The number of aromatic nitrogens is 1. The van der Waals surface area contributed by atoms with Crippen LogP contribution in [0.3, 0.4) is 0 Å². The number of carbonyl (C=O) groups excluding carboxylic acids is 3. The number of anilines is 2. The first-order chi connectivity index (χ1) is 18.3. The molecule has 1 aromatic heterocycles. The monoisotopic (exact) mass is 535 g/mol. The molecule has 0 bridgehead atoms. The van der Waals surface area contributed by atoms with E-state index in [0.29, 0.717) is 23.6 Å². The zero-order valence-electron chi connectivity index (χ0n) is 21.6. The Kier molecular flexibility index (Phi) is 8.62. The quantitative estimate of drug-likeness (QED) is 0.355. The molecule has 1 fully saturated rings. The molecule has 1 heterocycles. The molecule has 200 valence electrons. The lowest BCUT2D eigenvalue weighted by Gasteiger charge is -2.32. The van der Waals surface area contributed by atoms with Crippen LogP contribution in [0.5, 0.6) is 5.75 Å². The van der Waals surface area contributed by atoms with Gasteiger partial charge < -0.3 is 21.5 Å². The summed E-state index contributed by atoms with van der Waals surface area (Å²) in [6.45, 7) is 4.44. The van der Waals surface area contributed by atoms with E-state index in [1.165, 1.54) is 4.90 Å². The van der Waals surface area contributed by atoms with Crippen LogP contribution >= 0.6 is 11.5 Å². The van der Waals surface area contributed by atoms with Crippen LogP contribution in [-0.2, 0) is 11.2 Å². The molecule has 0 spiro atoms. The Balaban J connectivity index is 1.84. The van der Waals surface area contributed by atoms with Gasteiger partial charge in [-0.25, -0.2) is 0 Å². The van der Waals surface area contributed by atoms with Crippen molar-refractivity contribution in [3.05, 3.63) is 70.2 Å². The minimum atomic E-state index is -1.01. The summed E-state index contributed by atoms with van der Waals surface area (Å²) in [7, 11) is 0. The fraction of sp³-hybridized carbons (Fsp3) is 0.357. The SMILES string of the molecule is CCOc1ccc([C@H](C(=O)NC2CCCC2)N(C(=O)c2snc(C(N)=O)c2N)c2ccc(CC)cc2)cc1. The molecular formula is C28H33N5O4S. The summed E-state index contributed by atoms with van der Waals surface area (Å²) < 4.78 is 9.60. The van der Waals surface area contributed by atoms with Crippen LogP contribution in [0.1, 0.15) is 76.9 Å². The predicted molar refractivity (Wildman–Crippen MR) is 148 cm³/mol. The highest BCUT2D eigenvalue weighted by Crippen LogP contribution is 2.34. The molecular weight excluding hydrogens is 502 g/mol. The molecule has 0 unspecified atom stereocenters. The number of aryl methyl sites for hydroxylation is 1. The third-order valence-corrected chi connectivity index (χ3v) is 7.56. The van der Waals surface area contributed by atoms with Gasteiger partial charge in [-0.3, -0.25) is 19.3 Å². The zero-order chi connectivity index (χ0) is 27.2. The summed E-state index contributed by atoms with van der Waals surface area (Å²) in [6.07, 6.45) is 4.71. The first kappa shape index (κ1) is 27.1. The van der Waals surface area contributed by atoms with Crippen molar-refractivity contribution in [3.63, 3.8) is 0 Å². The van der Waals surface area contributed by atoms with E-state index < -0.39 is 17.9 Å². The number of amides is 3. The Hall–Kier alpha value is -3.92. The third kappa shape index (κ3) is 5.80. The van der Waals surface area contributed by atoms with Crippen molar-refractivity contribution in [2.45, 2.75) is 58.0 Å². The van der Waals surface area contributed by atoms with Gasteiger partial charge in [0.1, 0.15) is 16.7 Å². The number of hydrogen-bond acceptors (Lipinski definition) is 7. The predicted octanol–water partition coefficient (Wildman–Crippen LogP) is 4.23. The molecule has 4 rings (SSSR count). The first-order valence-electron chi connectivity index (χ1n) is 12.8. The van der Waals surface area contributed by atoms with E-state index in [1.807, 2.05) is 38.1 Å². The number of carbonyl (C=O) groups is 3. The lowest BCUT2D eigenvalue weighted by Crippen LogP contribution is -2.46. The molecule has 1 saturated carbocycles. The summed E-state index contributed by atoms with van der Waals surface area (Å²) in [5.74, 6) is -1.00. The molecule has 2 aromatic carbocycles. The van der Waals surface area contributed by atoms with Crippen LogP contribution in [-0.4, -0.2) is 34.7 Å². The molecule has 0 saturated heterocycles. The molecule has 0 radical (unpaired) electrons. The Labute approximate surface area is 226 Å². The van der Waals surface area contributed by atoms with Crippen LogP contribution in [0.4, 0.5) is 11.4 Å².